The first-order valence-electron chi connectivity index (χ1n) is 9.77. The maximum Gasteiger partial charge on any atom is 0.227 e. The molecule has 0 atom stereocenters. The molecule has 2 aliphatic rings. The van der Waals surface area contributed by atoms with Gasteiger partial charge in [-0.2, -0.15) is 4.98 Å². The highest BCUT2D eigenvalue weighted by Crippen LogP contribution is 2.28. The van der Waals surface area contributed by atoms with Gasteiger partial charge in [0, 0.05) is 42.6 Å². The summed E-state index contributed by atoms with van der Waals surface area (Å²) in [6.07, 6.45) is 5.71. The van der Waals surface area contributed by atoms with Crippen molar-refractivity contribution in [3.8, 4) is 11.4 Å². The van der Waals surface area contributed by atoms with Crippen molar-refractivity contribution in [1.29, 1.82) is 0 Å². The monoisotopic (exact) mass is 388 g/mol. The van der Waals surface area contributed by atoms with Gasteiger partial charge in [-0.1, -0.05) is 16.8 Å². The molecule has 0 radical (unpaired) electrons. The predicted octanol–water partition coefficient (Wildman–Crippen LogP) is 3.31. The SMILES string of the molecule is O=C(CCc1nc(-c2ccc(Cl)cc2)no1)N1CCC(NCC2CC2)CC1. The Morgan fingerprint density at radius 2 is 1.93 bits per heavy atom. The summed E-state index contributed by atoms with van der Waals surface area (Å²) in [5.74, 6) is 2.09. The Balaban J connectivity index is 1.22. The van der Waals surface area contributed by atoms with E-state index in [0.717, 1.165) is 44.0 Å². The number of carbonyl (C=O) groups is 1. The number of benzene rings is 1. The first-order chi connectivity index (χ1) is 13.2. The maximum atomic E-state index is 12.5. The summed E-state index contributed by atoms with van der Waals surface area (Å²) in [5, 5.41) is 8.30. The van der Waals surface area contributed by atoms with Crippen LogP contribution < -0.4 is 5.32 Å². The molecule has 1 aliphatic heterocycles. The molecular weight excluding hydrogens is 364 g/mol. The van der Waals surface area contributed by atoms with Crippen molar-refractivity contribution in [2.24, 2.45) is 5.92 Å². The van der Waals surface area contributed by atoms with Gasteiger partial charge in [0.1, 0.15) is 0 Å². The molecular formula is C20H25ClN4O2. The second-order valence-electron chi connectivity index (χ2n) is 7.53. The topological polar surface area (TPSA) is 71.3 Å². The molecule has 1 aromatic carbocycles. The zero-order chi connectivity index (χ0) is 18.6. The number of carbonyl (C=O) groups excluding carboxylic acids is 1. The fraction of sp³-hybridized carbons (Fsp3) is 0.550. The van der Waals surface area contributed by atoms with Crippen molar-refractivity contribution < 1.29 is 9.32 Å². The average Bonchev–Trinajstić information content (AvgIpc) is 3.41. The summed E-state index contributed by atoms with van der Waals surface area (Å²) >= 11 is 5.90. The third-order valence-electron chi connectivity index (χ3n) is 5.36. The van der Waals surface area contributed by atoms with Crippen LogP contribution in [-0.4, -0.2) is 46.6 Å². The van der Waals surface area contributed by atoms with Gasteiger partial charge < -0.3 is 14.7 Å². The lowest BCUT2D eigenvalue weighted by molar-refractivity contribution is -0.132. The Bertz CT molecular complexity index is 765. The van der Waals surface area contributed by atoms with E-state index in [9.17, 15) is 4.79 Å². The zero-order valence-corrected chi connectivity index (χ0v) is 16.1. The van der Waals surface area contributed by atoms with Gasteiger partial charge in [-0.05, 0) is 62.4 Å². The number of nitrogens with zero attached hydrogens (tertiary/aromatic N) is 3. The van der Waals surface area contributed by atoms with Gasteiger partial charge in [0.15, 0.2) is 0 Å². The lowest BCUT2D eigenvalue weighted by atomic mass is 10.0. The molecule has 0 bridgehead atoms. The third-order valence-corrected chi connectivity index (χ3v) is 5.62. The van der Waals surface area contributed by atoms with Crippen molar-refractivity contribution >= 4 is 17.5 Å². The summed E-state index contributed by atoms with van der Waals surface area (Å²) in [4.78, 5) is 18.8. The highest BCUT2D eigenvalue weighted by atomic mass is 35.5. The van der Waals surface area contributed by atoms with Gasteiger partial charge in [-0.3, -0.25) is 4.79 Å². The van der Waals surface area contributed by atoms with Crippen LogP contribution in [0.3, 0.4) is 0 Å². The summed E-state index contributed by atoms with van der Waals surface area (Å²) in [6, 6.07) is 7.85. The largest absolute Gasteiger partial charge is 0.343 e. The predicted molar refractivity (Wildman–Crippen MR) is 103 cm³/mol. The van der Waals surface area contributed by atoms with E-state index in [4.69, 9.17) is 16.1 Å². The molecule has 6 nitrogen and oxygen atoms in total. The van der Waals surface area contributed by atoms with Crippen LogP contribution in [0, 0.1) is 5.92 Å². The van der Waals surface area contributed by atoms with Crippen molar-refractivity contribution in [1.82, 2.24) is 20.4 Å². The Morgan fingerprint density at radius 1 is 1.19 bits per heavy atom. The lowest BCUT2D eigenvalue weighted by Crippen LogP contribution is -2.45. The first kappa shape index (κ1) is 18.4. The minimum atomic E-state index is 0.168. The molecule has 7 heteroatoms. The number of hydrogen-bond acceptors (Lipinski definition) is 5. The van der Waals surface area contributed by atoms with E-state index in [0.29, 0.717) is 35.6 Å². The molecule has 0 spiro atoms. The smallest absolute Gasteiger partial charge is 0.227 e. The fourth-order valence-electron chi connectivity index (χ4n) is 3.43. The molecule has 0 unspecified atom stereocenters. The van der Waals surface area contributed by atoms with E-state index in [1.165, 1.54) is 12.8 Å². The standard InChI is InChI=1S/C20H25ClN4O2/c21-16-5-3-15(4-6-16)20-23-18(27-24-20)7-8-19(26)25-11-9-17(10-12-25)22-13-14-1-2-14/h3-6,14,17,22H,1-2,7-13H2. The van der Waals surface area contributed by atoms with Crippen LogP contribution in [0.2, 0.25) is 5.02 Å². The van der Waals surface area contributed by atoms with Crippen LogP contribution in [0.1, 0.15) is 38.0 Å². The molecule has 27 heavy (non-hydrogen) atoms. The molecule has 1 saturated heterocycles. The van der Waals surface area contributed by atoms with Crippen LogP contribution in [0.4, 0.5) is 0 Å². The molecule has 2 heterocycles. The second kappa shape index (κ2) is 8.40. The highest BCUT2D eigenvalue weighted by Gasteiger charge is 2.26. The number of likely N-dealkylation sites (tertiary alicyclic amines) is 1. The number of halogens is 1. The molecule has 144 valence electrons. The first-order valence-corrected chi connectivity index (χ1v) is 10.1. The van der Waals surface area contributed by atoms with Gasteiger partial charge in [-0.25, -0.2) is 0 Å². The minimum Gasteiger partial charge on any atom is -0.343 e. The quantitative estimate of drug-likeness (QED) is 0.787. The summed E-state index contributed by atoms with van der Waals surface area (Å²) < 4.78 is 5.29. The van der Waals surface area contributed by atoms with Crippen molar-refractivity contribution in [2.75, 3.05) is 19.6 Å². The van der Waals surface area contributed by atoms with Gasteiger partial charge in [0.25, 0.3) is 0 Å². The molecule has 2 fully saturated rings. The van der Waals surface area contributed by atoms with Gasteiger partial charge >= 0.3 is 0 Å². The Labute approximate surface area is 164 Å². The second-order valence-corrected chi connectivity index (χ2v) is 7.96. The Kier molecular flexibility index (Phi) is 5.74. The van der Waals surface area contributed by atoms with Crippen LogP contribution in [0.25, 0.3) is 11.4 Å². The van der Waals surface area contributed by atoms with Gasteiger partial charge in [-0.15, -0.1) is 0 Å². The van der Waals surface area contributed by atoms with Crippen LogP contribution in [-0.2, 0) is 11.2 Å². The van der Waals surface area contributed by atoms with Crippen molar-refractivity contribution in [2.45, 2.75) is 44.6 Å². The van der Waals surface area contributed by atoms with E-state index in [1.807, 2.05) is 17.0 Å². The fourth-order valence-corrected chi connectivity index (χ4v) is 3.56. The van der Waals surface area contributed by atoms with Crippen molar-refractivity contribution in [3.05, 3.63) is 35.2 Å². The zero-order valence-electron chi connectivity index (χ0n) is 15.4. The normalized spacial score (nSPS) is 18.0. The van der Waals surface area contributed by atoms with Crippen LogP contribution in [0.5, 0.6) is 0 Å². The highest BCUT2D eigenvalue weighted by molar-refractivity contribution is 6.30. The van der Waals surface area contributed by atoms with Crippen LogP contribution >= 0.6 is 11.6 Å². The molecule has 4 rings (SSSR count). The molecule has 1 saturated carbocycles. The van der Waals surface area contributed by atoms with Gasteiger partial charge in [0.2, 0.25) is 17.6 Å². The number of rotatable bonds is 7. The molecule has 2 aromatic rings. The Hall–Kier alpha value is -1.92. The van der Waals surface area contributed by atoms with Crippen molar-refractivity contribution in [3.63, 3.8) is 0 Å². The summed E-state index contributed by atoms with van der Waals surface area (Å²) in [5.41, 5.74) is 0.849. The van der Waals surface area contributed by atoms with E-state index in [-0.39, 0.29) is 5.91 Å². The molecule has 1 aliphatic carbocycles. The minimum absolute atomic E-state index is 0.168. The third kappa shape index (κ3) is 5.08. The van der Waals surface area contributed by atoms with E-state index in [2.05, 4.69) is 15.5 Å². The van der Waals surface area contributed by atoms with E-state index < -0.39 is 0 Å². The molecule has 1 aromatic heterocycles. The Morgan fingerprint density at radius 3 is 2.63 bits per heavy atom. The number of piperidine rings is 1. The summed E-state index contributed by atoms with van der Waals surface area (Å²) in [6.45, 7) is 2.81. The molecule has 1 N–H and O–H groups in total. The van der Waals surface area contributed by atoms with E-state index >= 15 is 0 Å². The van der Waals surface area contributed by atoms with E-state index in [1.54, 1.807) is 12.1 Å². The number of hydrogen-bond donors (Lipinski definition) is 1. The van der Waals surface area contributed by atoms with Crippen LogP contribution in [0.15, 0.2) is 28.8 Å². The summed E-state index contributed by atoms with van der Waals surface area (Å²) in [7, 11) is 0. The number of nitrogens with one attached hydrogen (secondary N) is 1. The lowest BCUT2D eigenvalue weighted by Gasteiger charge is -2.32. The average molecular weight is 389 g/mol. The molecule has 1 amide bonds. The number of aryl methyl sites for hydroxylation is 1. The van der Waals surface area contributed by atoms with Gasteiger partial charge in [0.05, 0.1) is 0 Å². The number of aromatic nitrogens is 2. The number of amides is 1. The maximum absolute atomic E-state index is 12.5.